The van der Waals surface area contributed by atoms with Crippen molar-refractivity contribution in [1.29, 1.82) is 0 Å². The van der Waals surface area contributed by atoms with Gasteiger partial charge in [0, 0.05) is 11.1 Å². The predicted molar refractivity (Wildman–Crippen MR) is 84.4 cm³/mol. The smallest absolute Gasteiger partial charge is 0.128 e. The van der Waals surface area contributed by atoms with Gasteiger partial charge in [-0.25, -0.2) is 4.39 Å². The van der Waals surface area contributed by atoms with Gasteiger partial charge in [0.15, 0.2) is 0 Å². The van der Waals surface area contributed by atoms with Crippen molar-refractivity contribution in [3.63, 3.8) is 0 Å². The van der Waals surface area contributed by atoms with Crippen LogP contribution in [0.2, 0.25) is 0 Å². The average molecular weight is 280 g/mol. The molecule has 0 saturated carbocycles. The molecule has 1 aromatic carbocycles. The van der Waals surface area contributed by atoms with Crippen LogP contribution < -0.4 is 5.73 Å². The standard InChI is InChI=1S/C17H29FN2/c1-7-17(6,20(8-2)9-3)16(19)15-13(5)10-12(4)11-14(15)18/h10-11,16H,7-9,19H2,1-6H3. The molecule has 0 aliphatic rings. The van der Waals surface area contributed by atoms with Crippen molar-refractivity contribution >= 4 is 0 Å². The first-order chi connectivity index (χ1) is 9.31. The van der Waals surface area contributed by atoms with E-state index >= 15 is 0 Å². The fourth-order valence-corrected chi connectivity index (χ4v) is 3.22. The molecule has 20 heavy (non-hydrogen) atoms. The maximum Gasteiger partial charge on any atom is 0.128 e. The Hall–Kier alpha value is -0.930. The molecule has 0 fully saturated rings. The molecule has 0 amide bonds. The van der Waals surface area contributed by atoms with Gasteiger partial charge in [-0.2, -0.15) is 0 Å². The summed E-state index contributed by atoms with van der Waals surface area (Å²) in [6, 6.07) is 3.27. The number of nitrogens with zero attached hydrogens (tertiary/aromatic N) is 1. The lowest BCUT2D eigenvalue weighted by atomic mass is 9.81. The molecule has 2 nitrogen and oxygen atoms in total. The second kappa shape index (κ2) is 6.68. The van der Waals surface area contributed by atoms with E-state index < -0.39 is 0 Å². The summed E-state index contributed by atoms with van der Waals surface area (Å²) in [6.45, 7) is 14.2. The number of aryl methyl sites for hydroxylation is 2. The molecule has 1 rings (SSSR count). The van der Waals surface area contributed by atoms with E-state index in [1.807, 2.05) is 19.9 Å². The van der Waals surface area contributed by atoms with E-state index in [0.717, 1.165) is 30.6 Å². The van der Waals surface area contributed by atoms with Gasteiger partial charge < -0.3 is 5.73 Å². The molecular formula is C17H29FN2. The van der Waals surface area contributed by atoms with Crippen LogP contribution in [0.3, 0.4) is 0 Å². The van der Waals surface area contributed by atoms with Crippen LogP contribution in [0.1, 0.15) is 56.8 Å². The molecule has 114 valence electrons. The van der Waals surface area contributed by atoms with E-state index in [1.54, 1.807) is 6.07 Å². The largest absolute Gasteiger partial charge is 0.322 e. The lowest BCUT2D eigenvalue weighted by Crippen LogP contribution is -2.53. The molecule has 0 radical (unpaired) electrons. The van der Waals surface area contributed by atoms with Crippen LogP contribution in [0.15, 0.2) is 12.1 Å². The van der Waals surface area contributed by atoms with Gasteiger partial charge in [0.25, 0.3) is 0 Å². The molecule has 0 bridgehead atoms. The zero-order valence-corrected chi connectivity index (χ0v) is 13.8. The molecule has 1 aromatic rings. The highest BCUT2D eigenvalue weighted by atomic mass is 19.1. The highest BCUT2D eigenvalue weighted by Gasteiger charge is 2.37. The van der Waals surface area contributed by atoms with E-state index in [4.69, 9.17) is 5.73 Å². The van der Waals surface area contributed by atoms with Crippen molar-refractivity contribution in [2.24, 2.45) is 5.73 Å². The number of benzene rings is 1. The SMILES string of the molecule is CCN(CC)C(C)(CC)C(N)c1c(C)cc(C)cc1F. The van der Waals surface area contributed by atoms with Gasteiger partial charge in [-0.05, 0) is 57.5 Å². The molecule has 0 aliphatic heterocycles. The molecule has 0 saturated heterocycles. The number of rotatable bonds is 6. The molecule has 0 spiro atoms. The molecule has 2 unspecified atom stereocenters. The molecule has 0 aromatic heterocycles. The van der Waals surface area contributed by atoms with Gasteiger partial charge in [0.1, 0.15) is 5.82 Å². The Kier molecular flexibility index (Phi) is 5.72. The minimum absolute atomic E-state index is 0.179. The van der Waals surface area contributed by atoms with Crippen molar-refractivity contribution in [2.75, 3.05) is 13.1 Å². The maximum absolute atomic E-state index is 14.4. The van der Waals surface area contributed by atoms with Gasteiger partial charge in [0.2, 0.25) is 0 Å². The van der Waals surface area contributed by atoms with E-state index in [1.165, 1.54) is 0 Å². The minimum Gasteiger partial charge on any atom is -0.322 e. The third-order valence-corrected chi connectivity index (χ3v) is 4.66. The summed E-state index contributed by atoms with van der Waals surface area (Å²) < 4.78 is 14.4. The number of nitrogens with two attached hydrogens (primary N) is 1. The van der Waals surface area contributed by atoms with Crippen LogP contribution >= 0.6 is 0 Å². The normalized spacial score (nSPS) is 16.2. The Morgan fingerprint density at radius 2 is 1.75 bits per heavy atom. The topological polar surface area (TPSA) is 29.3 Å². The Morgan fingerprint density at radius 1 is 1.20 bits per heavy atom. The van der Waals surface area contributed by atoms with Crippen LogP contribution in [0, 0.1) is 19.7 Å². The molecule has 0 heterocycles. The van der Waals surface area contributed by atoms with E-state index in [-0.39, 0.29) is 17.4 Å². The summed E-state index contributed by atoms with van der Waals surface area (Å²) in [7, 11) is 0. The van der Waals surface area contributed by atoms with E-state index in [0.29, 0.717) is 5.56 Å². The molecule has 0 aliphatic carbocycles. The average Bonchev–Trinajstić information content (AvgIpc) is 2.38. The molecular weight excluding hydrogens is 251 g/mol. The first kappa shape index (κ1) is 17.1. The Bertz CT molecular complexity index is 431. The van der Waals surface area contributed by atoms with Crippen LogP contribution in [0.25, 0.3) is 0 Å². The second-order valence-corrected chi connectivity index (χ2v) is 5.84. The lowest BCUT2D eigenvalue weighted by molar-refractivity contribution is 0.0829. The van der Waals surface area contributed by atoms with Gasteiger partial charge in [-0.1, -0.05) is 26.8 Å². The third-order valence-electron chi connectivity index (χ3n) is 4.66. The van der Waals surface area contributed by atoms with Crippen molar-refractivity contribution in [1.82, 2.24) is 4.90 Å². The zero-order chi connectivity index (χ0) is 15.5. The number of hydrogen-bond acceptors (Lipinski definition) is 2. The first-order valence-electron chi connectivity index (χ1n) is 7.59. The van der Waals surface area contributed by atoms with Gasteiger partial charge in [-0.15, -0.1) is 0 Å². The van der Waals surface area contributed by atoms with Gasteiger partial charge >= 0.3 is 0 Å². The Labute approximate surface area is 123 Å². The van der Waals surface area contributed by atoms with Crippen molar-refractivity contribution in [3.05, 3.63) is 34.6 Å². The molecule has 2 N–H and O–H groups in total. The summed E-state index contributed by atoms with van der Waals surface area (Å²) in [5.41, 5.74) is 8.82. The van der Waals surface area contributed by atoms with Gasteiger partial charge in [-0.3, -0.25) is 4.90 Å². The lowest BCUT2D eigenvalue weighted by Gasteiger charge is -2.44. The monoisotopic (exact) mass is 280 g/mol. The Balaban J connectivity index is 3.31. The third kappa shape index (κ3) is 3.04. The fourth-order valence-electron chi connectivity index (χ4n) is 3.22. The highest BCUT2D eigenvalue weighted by Crippen LogP contribution is 2.35. The summed E-state index contributed by atoms with van der Waals surface area (Å²) in [5.74, 6) is -0.179. The first-order valence-corrected chi connectivity index (χ1v) is 7.59. The van der Waals surface area contributed by atoms with Crippen molar-refractivity contribution in [3.8, 4) is 0 Å². The molecule has 3 heteroatoms. The highest BCUT2D eigenvalue weighted by molar-refractivity contribution is 5.36. The maximum atomic E-state index is 14.4. The molecule has 2 atom stereocenters. The summed E-state index contributed by atoms with van der Waals surface area (Å²) in [4.78, 5) is 2.33. The zero-order valence-electron chi connectivity index (χ0n) is 13.8. The number of hydrogen-bond donors (Lipinski definition) is 1. The second-order valence-electron chi connectivity index (χ2n) is 5.84. The van der Waals surface area contributed by atoms with Gasteiger partial charge in [0.05, 0.1) is 6.04 Å². The van der Waals surface area contributed by atoms with Crippen molar-refractivity contribution < 1.29 is 4.39 Å². The summed E-state index contributed by atoms with van der Waals surface area (Å²) in [5, 5.41) is 0. The van der Waals surface area contributed by atoms with Crippen LogP contribution in [-0.4, -0.2) is 23.5 Å². The Morgan fingerprint density at radius 3 is 2.15 bits per heavy atom. The summed E-state index contributed by atoms with van der Waals surface area (Å²) in [6.07, 6.45) is 0.891. The minimum atomic E-state index is -0.326. The van der Waals surface area contributed by atoms with Crippen LogP contribution in [0.5, 0.6) is 0 Å². The fraction of sp³-hybridized carbons (Fsp3) is 0.647. The predicted octanol–water partition coefficient (Wildman–Crippen LogP) is 3.95. The van der Waals surface area contributed by atoms with E-state index in [9.17, 15) is 4.39 Å². The van der Waals surface area contributed by atoms with Crippen molar-refractivity contribution in [2.45, 2.75) is 59.5 Å². The van der Waals surface area contributed by atoms with E-state index in [2.05, 4.69) is 32.6 Å². The number of halogens is 1. The number of likely N-dealkylation sites (N-methyl/N-ethyl adjacent to an activating group) is 1. The summed E-state index contributed by atoms with van der Waals surface area (Å²) >= 11 is 0. The van der Waals surface area contributed by atoms with Crippen LogP contribution in [-0.2, 0) is 0 Å². The van der Waals surface area contributed by atoms with Crippen LogP contribution in [0.4, 0.5) is 4.39 Å². The quantitative estimate of drug-likeness (QED) is 0.855.